The first-order valence-corrected chi connectivity index (χ1v) is 5.59. The van der Waals surface area contributed by atoms with Gasteiger partial charge in [0.2, 0.25) is 0 Å². The summed E-state index contributed by atoms with van der Waals surface area (Å²) in [5.41, 5.74) is 0.434. The number of hydrogen-bond donors (Lipinski definition) is 3. The number of aromatic amines is 1. The molecular weight excluding hydrogens is 222 g/mol. The summed E-state index contributed by atoms with van der Waals surface area (Å²) in [6.45, 7) is 2.52. The van der Waals surface area contributed by atoms with Crippen molar-refractivity contribution < 1.29 is 14.7 Å². The molecule has 1 aromatic heterocycles. The zero-order valence-corrected chi connectivity index (χ0v) is 9.77. The summed E-state index contributed by atoms with van der Waals surface area (Å²) in [6.07, 6.45) is 3.10. The van der Waals surface area contributed by atoms with Crippen molar-refractivity contribution in [3.8, 4) is 0 Å². The first-order chi connectivity index (χ1) is 8.09. The van der Waals surface area contributed by atoms with Crippen LogP contribution in [0.25, 0.3) is 0 Å². The van der Waals surface area contributed by atoms with Crippen molar-refractivity contribution in [3.63, 3.8) is 0 Å². The first kappa shape index (κ1) is 13.2. The third kappa shape index (κ3) is 5.14. The molecule has 3 N–H and O–H groups in total. The average molecular weight is 239 g/mol. The van der Waals surface area contributed by atoms with E-state index in [1.807, 2.05) is 6.92 Å². The Hall–Kier alpha value is -1.85. The highest BCUT2D eigenvalue weighted by Crippen LogP contribution is 2.09. The fraction of sp³-hybridized carbons (Fsp3) is 0.545. The van der Waals surface area contributed by atoms with Gasteiger partial charge < -0.3 is 10.4 Å². The van der Waals surface area contributed by atoms with Gasteiger partial charge in [-0.05, 0) is 24.8 Å². The van der Waals surface area contributed by atoms with E-state index in [9.17, 15) is 9.59 Å². The minimum Gasteiger partial charge on any atom is -0.481 e. The van der Waals surface area contributed by atoms with Crippen LogP contribution >= 0.6 is 0 Å². The molecule has 1 rings (SSSR count). The molecule has 94 valence electrons. The number of carboxylic acids is 1. The zero-order valence-electron chi connectivity index (χ0n) is 9.77. The minimum absolute atomic E-state index is 0.176. The number of rotatable bonds is 7. The standard InChI is InChI=1S/C11H17N3O3/c1-8(2-3-10(15)16)4-6-12-11(17)9-5-7-13-14-9/h5,7-8H,2-4,6H2,1H3,(H,12,17)(H,13,14)(H,15,16). The maximum Gasteiger partial charge on any atom is 0.303 e. The van der Waals surface area contributed by atoms with Gasteiger partial charge in [0.1, 0.15) is 5.69 Å². The fourth-order valence-corrected chi connectivity index (χ4v) is 1.42. The number of aliphatic carboxylic acids is 1. The Balaban J connectivity index is 2.15. The Morgan fingerprint density at radius 3 is 2.88 bits per heavy atom. The van der Waals surface area contributed by atoms with Crippen LogP contribution in [0.3, 0.4) is 0 Å². The lowest BCUT2D eigenvalue weighted by molar-refractivity contribution is -0.137. The topological polar surface area (TPSA) is 95.1 Å². The van der Waals surface area contributed by atoms with Gasteiger partial charge in [0.05, 0.1) is 0 Å². The molecule has 0 spiro atoms. The number of H-pyrrole nitrogens is 1. The Morgan fingerprint density at radius 2 is 2.29 bits per heavy atom. The van der Waals surface area contributed by atoms with E-state index in [0.717, 1.165) is 6.42 Å². The molecule has 0 aliphatic heterocycles. The summed E-state index contributed by atoms with van der Waals surface area (Å²) in [6, 6.07) is 1.60. The summed E-state index contributed by atoms with van der Waals surface area (Å²) in [5, 5.41) is 17.5. The van der Waals surface area contributed by atoms with E-state index in [0.29, 0.717) is 18.7 Å². The van der Waals surface area contributed by atoms with E-state index in [1.165, 1.54) is 6.20 Å². The molecule has 0 bridgehead atoms. The smallest absolute Gasteiger partial charge is 0.303 e. The molecule has 1 unspecified atom stereocenters. The highest BCUT2D eigenvalue weighted by molar-refractivity contribution is 5.91. The van der Waals surface area contributed by atoms with E-state index < -0.39 is 5.97 Å². The average Bonchev–Trinajstić information content (AvgIpc) is 2.79. The molecule has 1 aromatic rings. The third-order valence-corrected chi connectivity index (χ3v) is 2.52. The molecule has 1 amide bonds. The van der Waals surface area contributed by atoms with Gasteiger partial charge in [-0.1, -0.05) is 6.92 Å². The molecule has 1 heterocycles. The monoisotopic (exact) mass is 239 g/mol. The number of carboxylic acid groups (broad SMARTS) is 1. The van der Waals surface area contributed by atoms with Crippen molar-refractivity contribution in [2.75, 3.05) is 6.54 Å². The van der Waals surface area contributed by atoms with Crippen molar-refractivity contribution in [2.45, 2.75) is 26.2 Å². The second kappa shape index (κ2) is 6.67. The molecule has 1 atom stereocenters. The Morgan fingerprint density at radius 1 is 1.53 bits per heavy atom. The minimum atomic E-state index is -0.779. The molecule has 0 saturated carbocycles. The van der Waals surface area contributed by atoms with Gasteiger partial charge in [0.15, 0.2) is 0 Å². The van der Waals surface area contributed by atoms with Crippen molar-refractivity contribution >= 4 is 11.9 Å². The Kier molecular flexibility index (Phi) is 5.19. The van der Waals surface area contributed by atoms with E-state index in [1.54, 1.807) is 6.07 Å². The Bertz CT molecular complexity index is 362. The van der Waals surface area contributed by atoms with E-state index >= 15 is 0 Å². The van der Waals surface area contributed by atoms with Crippen LogP contribution in [0.5, 0.6) is 0 Å². The van der Waals surface area contributed by atoms with Crippen molar-refractivity contribution in [1.29, 1.82) is 0 Å². The summed E-state index contributed by atoms with van der Waals surface area (Å²) in [4.78, 5) is 21.8. The summed E-state index contributed by atoms with van der Waals surface area (Å²) < 4.78 is 0. The normalized spacial score (nSPS) is 12.1. The predicted molar refractivity (Wildman–Crippen MR) is 61.6 cm³/mol. The van der Waals surface area contributed by atoms with E-state index in [2.05, 4.69) is 15.5 Å². The lowest BCUT2D eigenvalue weighted by Crippen LogP contribution is -2.26. The molecule has 6 nitrogen and oxygen atoms in total. The van der Waals surface area contributed by atoms with Gasteiger partial charge in [-0.2, -0.15) is 5.10 Å². The van der Waals surface area contributed by atoms with Crippen LogP contribution in [0.15, 0.2) is 12.3 Å². The second-order valence-corrected chi connectivity index (χ2v) is 4.05. The van der Waals surface area contributed by atoms with Gasteiger partial charge >= 0.3 is 5.97 Å². The SMILES string of the molecule is CC(CCNC(=O)c1ccn[nH]1)CCC(=O)O. The highest BCUT2D eigenvalue weighted by atomic mass is 16.4. The molecule has 6 heteroatoms. The van der Waals surface area contributed by atoms with Crippen molar-refractivity contribution in [2.24, 2.45) is 5.92 Å². The third-order valence-electron chi connectivity index (χ3n) is 2.52. The van der Waals surface area contributed by atoms with Crippen LogP contribution in [0, 0.1) is 5.92 Å². The summed E-state index contributed by atoms with van der Waals surface area (Å²) in [7, 11) is 0. The quantitative estimate of drug-likeness (QED) is 0.662. The van der Waals surface area contributed by atoms with E-state index in [-0.39, 0.29) is 18.2 Å². The first-order valence-electron chi connectivity index (χ1n) is 5.59. The van der Waals surface area contributed by atoms with Crippen LogP contribution < -0.4 is 5.32 Å². The van der Waals surface area contributed by atoms with Crippen LogP contribution in [0.4, 0.5) is 0 Å². The Labute approximate surface area is 99.4 Å². The van der Waals surface area contributed by atoms with Crippen LogP contribution in [-0.4, -0.2) is 33.7 Å². The summed E-state index contributed by atoms with van der Waals surface area (Å²) in [5.74, 6) is -0.681. The number of carbonyl (C=O) groups is 2. The molecule has 17 heavy (non-hydrogen) atoms. The van der Waals surface area contributed by atoms with Crippen LogP contribution in [0.2, 0.25) is 0 Å². The summed E-state index contributed by atoms with van der Waals surface area (Å²) >= 11 is 0. The van der Waals surface area contributed by atoms with Gasteiger partial charge in [-0.3, -0.25) is 14.7 Å². The second-order valence-electron chi connectivity index (χ2n) is 4.05. The lowest BCUT2D eigenvalue weighted by Gasteiger charge is -2.10. The van der Waals surface area contributed by atoms with Gasteiger partial charge in [0.25, 0.3) is 5.91 Å². The lowest BCUT2D eigenvalue weighted by atomic mass is 10.0. The number of carbonyl (C=O) groups excluding carboxylic acids is 1. The van der Waals surface area contributed by atoms with Gasteiger partial charge in [0, 0.05) is 19.2 Å². The maximum absolute atomic E-state index is 11.5. The number of amides is 1. The molecule has 0 fully saturated rings. The zero-order chi connectivity index (χ0) is 12.7. The molecular formula is C11H17N3O3. The van der Waals surface area contributed by atoms with Gasteiger partial charge in [-0.25, -0.2) is 0 Å². The number of aromatic nitrogens is 2. The van der Waals surface area contributed by atoms with Gasteiger partial charge in [-0.15, -0.1) is 0 Å². The molecule has 0 aliphatic rings. The largest absolute Gasteiger partial charge is 0.481 e. The molecule has 0 aliphatic carbocycles. The number of nitrogens with one attached hydrogen (secondary N) is 2. The molecule has 0 saturated heterocycles. The van der Waals surface area contributed by atoms with E-state index in [4.69, 9.17) is 5.11 Å². The highest BCUT2D eigenvalue weighted by Gasteiger charge is 2.08. The number of nitrogens with zero attached hydrogens (tertiary/aromatic N) is 1. The predicted octanol–water partition coefficient (Wildman–Crippen LogP) is 1.03. The van der Waals surface area contributed by atoms with Crippen LogP contribution in [-0.2, 0) is 4.79 Å². The maximum atomic E-state index is 11.5. The fourth-order valence-electron chi connectivity index (χ4n) is 1.42. The van der Waals surface area contributed by atoms with Crippen LogP contribution in [0.1, 0.15) is 36.7 Å². The molecule has 0 radical (unpaired) electrons. The van der Waals surface area contributed by atoms with Crippen molar-refractivity contribution in [1.82, 2.24) is 15.5 Å². The molecule has 0 aromatic carbocycles. The number of hydrogen-bond acceptors (Lipinski definition) is 3. The van der Waals surface area contributed by atoms with Crippen molar-refractivity contribution in [3.05, 3.63) is 18.0 Å².